The third kappa shape index (κ3) is 5.36. The van der Waals surface area contributed by atoms with E-state index in [4.69, 9.17) is 0 Å². The fourth-order valence-electron chi connectivity index (χ4n) is 3.59. The molecule has 2 aromatic carbocycles. The van der Waals surface area contributed by atoms with Gasteiger partial charge in [-0.1, -0.05) is 24.3 Å². The van der Waals surface area contributed by atoms with Gasteiger partial charge in [0.1, 0.15) is 5.82 Å². The molecule has 0 unspecified atom stereocenters. The Hall–Kier alpha value is -3.75. The third-order valence-electron chi connectivity index (χ3n) is 5.31. The van der Waals surface area contributed by atoms with Gasteiger partial charge in [-0.2, -0.15) is 13.2 Å². The molecule has 1 aromatic heterocycles. The Morgan fingerprint density at radius 3 is 2.21 bits per heavy atom. The normalized spacial score (nSPS) is 15.0. The van der Waals surface area contributed by atoms with Crippen LogP contribution in [0.4, 0.5) is 23.5 Å². The quantitative estimate of drug-likeness (QED) is 0.329. The van der Waals surface area contributed by atoms with Crippen LogP contribution in [0.1, 0.15) is 16.7 Å². The summed E-state index contributed by atoms with van der Waals surface area (Å²) in [5.41, 5.74) is -0.0811. The highest BCUT2D eigenvalue weighted by Gasteiger charge is 2.32. The first kappa shape index (κ1) is 22.4. The Balaban J connectivity index is 1.62. The van der Waals surface area contributed by atoms with Gasteiger partial charge in [-0.15, -0.1) is 0 Å². The number of piperazine rings is 1. The lowest BCUT2D eigenvalue weighted by Crippen LogP contribution is -2.49. The van der Waals surface area contributed by atoms with Crippen LogP contribution in [-0.2, 0) is 11.0 Å². The van der Waals surface area contributed by atoms with Crippen LogP contribution in [0.5, 0.6) is 0 Å². The number of benzene rings is 2. The van der Waals surface area contributed by atoms with Gasteiger partial charge in [0, 0.05) is 44.1 Å². The highest BCUT2D eigenvalue weighted by atomic mass is 19.4. The van der Waals surface area contributed by atoms with Crippen molar-refractivity contribution in [1.82, 2.24) is 14.9 Å². The Kier molecular flexibility index (Phi) is 6.39. The average Bonchev–Trinajstić information content (AvgIpc) is 2.83. The SMILES string of the molecule is O=C(/C(=C/c1ccc(F)cc1)c1cccc(C(F)(F)F)c1)N1CCN(c2ncccn2)CC1. The van der Waals surface area contributed by atoms with E-state index in [-0.39, 0.29) is 11.1 Å². The van der Waals surface area contributed by atoms with Crippen LogP contribution in [0.15, 0.2) is 67.0 Å². The van der Waals surface area contributed by atoms with Crippen molar-refractivity contribution in [1.29, 1.82) is 0 Å². The molecule has 0 bridgehead atoms. The van der Waals surface area contributed by atoms with Crippen molar-refractivity contribution in [3.05, 3.63) is 89.5 Å². The fraction of sp³-hybridized carbons (Fsp3) is 0.208. The van der Waals surface area contributed by atoms with Gasteiger partial charge in [-0.3, -0.25) is 4.79 Å². The van der Waals surface area contributed by atoms with E-state index in [0.717, 1.165) is 12.1 Å². The molecular weight excluding hydrogens is 436 g/mol. The second-order valence-corrected chi connectivity index (χ2v) is 7.52. The number of alkyl halides is 3. The maximum Gasteiger partial charge on any atom is 0.416 e. The second kappa shape index (κ2) is 9.40. The molecule has 0 N–H and O–H groups in total. The van der Waals surface area contributed by atoms with Crippen molar-refractivity contribution in [3.63, 3.8) is 0 Å². The Morgan fingerprint density at radius 2 is 1.58 bits per heavy atom. The first-order chi connectivity index (χ1) is 15.8. The van der Waals surface area contributed by atoms with E-state index < -0.39 is 23.5 Å². The van der Waals surface area contributed by atoms with Crippen molar-refractivity contribution in [2.24, 2.45) is 0 Å². The minimum absolute atomic E-state index is 0.108. The lowest BCUT2D eigenvalue weighted by atomic mass is 9.99. The molecule has 5 nitrogen and oxygen atoms in total. The van der Waals surface area contributed by atoms with Crippen LogP contribution < -0.4 is 4.90 Å². The summed E-state index contributed by atoms with van der Waals surface area (Å²) in [6, 6.07) is 11.8. The molecule has 1 saturated heterocycles. The maximum absolute atomic E-state index is 13.4. The fourth-order valence-corrected chi connectivity index (χ4v) is 3.59. The molecule has 3 aromatic rings. The monoisotopic (exact) mass is 456 g/mol. The molecule has 0 spiro atoms. The average molecular weight is 456 g/mol. The van der Waals surface area contributed by atoms with Crippen LogP contribution >= 0.6 is 0 Å². The highest BCUT2D eigenvalue weighted by Crippen LogP contribution is 2.32. The summed E-state index contributed by atoms with van der Waals surface area (Å²) in [7, 11) is 0. The van der Waals surface area contributed by atoms with E-state index in [1.807, 2.05) is 4.90 Å². The number of hydrogen-bond acceptors (Lipinski definition) is 4. The molecule has 9 heteroatoms. The molecule has 33 heavy (non-hydrogen) atoms. The van der Waals surface area contributed by atoms with E-state index in [2.05, 4.69) is 9.97 Å². The number of aromatic nitrogens is 2. The number of carbonyl (C=O) groups excluding carboxylic acids is 1. The molecular formula is C24H20F4N4O. The largest absolute Gasteiger partial charge is 0.416 e. The Labute approximate surface area is 188 Å². The van der Waals surface area contributed by atoms with E-state index in [1.165, 1.54) is 42.5 Å². The zero-order valence-electron chi connectivity index (χ0n) is 17.5. The number of anilines is 1. The molecule has 0 saturated carbocycles. The Bertz CT molecular complexity index is 1140. The number of nitrogens with zero attached hydrogens (tertiary/aromatic N) is 4. The van der Waals surface area contributed by atoms with Gasteiger partial charge >= 0.3 is 6.18 Å². The van der Waals surface area contributed by atoms with Crippen LogP contribution in [0.25, 0.3) is 11.6 Å². The second-order valence-electron chi connectivity index (χ2n) is 7.52. The predicted molar refractivity (Wildman–Crippen MR) is 117 cm³/mol. The summed E-state index contributed by atoms with van der Waals surface area (Å²) in [5, 5.41) is 0. The Morgan fingerprint density at radius 1 is 0.909 bits per heavy atom. The molecule has 0 aliphatic carbocycles. The first-order valence-electron chi connectivity index (χ1n) is 10.3. The molecule has 4 rings (SSSR count). The van der Waals surface area contributed by atoms with E-state index in [9.17, 15) is 22.4 Å². The molecule has 0 radical (unpaired) electrons. The smallest absolute Gasteiger partial charge is 0.337 e. The first-order valence-corrected chi connectivity index (χ1v) is 10.3. The summed E-state index contributed by atoms with van der Waals surface area (Å²) < 4.78 is 53.2. The van der Waals surface area contributed by atoms with Crippen molar-refractivity contribution < 1.29 is 22.4 Å². The summed E-state index contributed by atoms with van der Waals surface area (Å²) >= 11 is 0. The maximum atomic E-state index is 13.4. The lowest BCUT2D eigenvalue weighted by molar-refractivity contribution is -0.137. The molecule has 1 aliphatic heterocycles. The van der Waals surface area contributed by atoms with Crippen molar-refractivity contribution in [2.75, 3.05) is 31.1 Å². The molecule has 0 atom stereocenters. The summed E-state index contributed by atoms with van der Waals surface area (Å²) in [6.45, 7) is 1.69. The van der Waals surface area contributed by atoms with E-state index in [1.54, 1.807) is 23.4 Å². The van der Waals surface area contributed by atoms with Gasteiger partial charge in [0.15, 0.2) is 0 Å². The van der Waals surface area contributed by atoms with Gasteiger partial charge in [-0.05, 0) is 47.5 Å². The minimum Gasteiger partial charge on any atom is -0.337 e. The van der Waals surface area contributed by atoms with Crippen LogP contribution in [0.3, 0.4) is 0 Å². The van der Waals surface area contributed by atoms with Crippen LogP contribution in [0, 0.1) is 5.82 Å². The number of amides is 1. The van der Waals surface area contributed by atoms with Gasteiger partial charge in [-0.25, -0.2) is 14.4 Å². The molecule has 1 aliphatic rings. The van der Waals surface area contributed by atoms with Gasteiger partial charge < -0.3 is 9.80 Å². The van der Waals surface area contributed by atoms with E-state index >= 15 is 0 Å². The number of rotatable bonds is 4. The summed E-state index contributed by atoms with van der Waals surface area (Å²) in [5.74, 6) is -0.282. The van der Waals surface area contributed by atoms with Gasteiger partial charge in [0.25, 0.3) is 5.91 Å². The zero-order valence-corrected chi connectivity index (χ0v) is 17.5. The summed E-state index contributed by atoms with van der Waals surface area (Å²) in [4.78, 5) is 25.4. The van der Waals surface area contributed by atoms with E-state index in [0.29, 0.717) is 37.7 Å². The third-order valence-corrected chi connectivity index (χ3v) is 5.31. The molecule has 170 valence electrons. The molecule has 1 amide bonds. The van der Waals surface area contributed by atoms with Crippen LogP contribution in [-0.4, -0.2) is 47.0 Å². The topological polar surface area (TPSA) is 49.3 Å². The van der Waals surface area contributed by atoms with Crippen molar-refractivity contribution in [2.45, 2.75) is 6.18 Å². The predicted octanol–water partition coefficient (Wildman–Crippen LogP) is 4.52. The van der Waals surface area contributed by atoms with Crippen LogP contribution in [0.2, 0.25) is 0 Å². The standard InChI is InChI=1S/C24H20F4N4O/c25-20-7-5-17(6-8-20)15-21(18-3-1-4-19(16-18)24(26,27)28)22(33)31-11-13-32(14-12-31)23-29-9-2-10-30-23/h1-10,15-16H,11-14H2/b21-15+. The molecule has 1 fully saturated rings. The molecule has 2 heterocycles. The minimum atomic E-state index is -4.54. The zero-order chi connectivity index (χ0) is 23.4. The summed E-state index contributed by atoms with van der Waals surface area (Å²) in [6.07, 6.45) is 0.222. The van der Waals surface area contributed by atoms with Gasteiger partial charge in [0.2, 0.25) is 5.95 Å². The van der Waals surface area contributed by atoms with Crippen molar-refractivity contribution in [3.8, 4) is 0 Å². The number of halogens is 4. The number of carbonyl (C=O) groups is 1. The van der Waals surface area contributed by atoms with Gasteiger partial charge in [0.05, 0.1) is 5.56 Å². The lowest BCUT2D eigenvalue weighted by Gasteiger charge is -2.35. The van der Waals surface area contributed by atoms with Crippen molar-refractivity contribution >= 4 is 23.5 Å². The number of hydrogen-bond donors (Lipinski definition) is 0. The highest BCUT2D eigenvalue weighted by molar-refractivity contribution is 6.24.